The van der Waals surface area contributed by atoms with Gasteiger partial charge >= 0.3 is 0 Å². The van der Waals surface area contributed by atoms with E-state index in [0.717, 1.165) is 73.9 Å². The molecule has 1 fully saturated rings. The highest BCUT2D eigenvalue weighted by Crippen LogP contribution is 2.30. The van der Waals surface area contributed by atoms with Crippen molar-refractivity contribution >= 4 is 17.0 Å². The third-order valence-corrected chi connectivity index (χ3v) is 5.74. The third-order valence-electron chi connectivity index (χ3n) is 4.85. The highest BCUT2D eigenvalue weighted by atomic mass is 32.1. The van der Waals surface area contributed by atoms with Gasteiger partial charge in [0.25, 0.3) is 0 Å². The van der Waals surface area contributed by atoms with E-state index in [1.54, 1.807) is 11.3 Å². The van der Waals surface area contributed by atoms with E-state index in [2.05, 4.69) is 54.6 Å². The van der Waals surface area contributed by atoms with E-state index < -0.39 is 0 Å². The molecule has 26 heavy (non-hydrogen) atoms. The molecule has 2 aliphatic heterocycles. The summed E-state index contributed by atoms with van der Waals surface area (Å²) >= 11 is 1.65. The van der Waals surface area contributed by atoms with Crippen molar-refractivity contribution in [2.45, 2.75) is 13.1 Å². The van der Waals surface area contributed by atoms with Gasteiger partial charge in [0.1, 0.15) is 16.5 Å². The number of thiazole rings is 1. The van der Waals surface area contributed by atoms with Crippen LogP contribution in [0.1, 0.15) is 5.82 Å². The molecule has 0 atom stereocenters. The second kappa shape index (κ2) is 6.79. The predicted molar refractivity (Wildman–Crippen MR) is 101 cm³/mol. The van der Waals surface area contributed by atoms with Gasteiger partial charge in [0.15, 0.2) is 5.82 Å². The molecule has 1 saturated heterocycles. The Morgan fingerprint density at radius 2 is 1.88 bits per heavy atom. The maximum absolute atomic E-state index is 5.42. The molecule has 2 aromatic heterocycles. The van der Waals surface area contributed by atoms with Gasteiger partial charge in [0, 0.05) is 42.8 Å². The molecule has 0 amide bonds. The van der Waals surface area contributed by atoms with Crippen LogP contribution in [0.15, 0.2) is 29.6 Å². The smallest absolute Gasteiger partial charge is 0.183 e. The summed E-state index contributed by atoms with van der Waals surface area (Å²) in [5.74, 6) is 1.85. The molecule has 134 valence electrons. The first-order valence-corrected chi connectivity index (χ1v) is 9.78. The lowest BCUT2D eigenvalue weighted by Gasteiger charge is -2.28. The van der Waals surface area contributed by atoms with Gasteiger partial charge in [0.05, 0.1) is 19.8 Å². The molecule has 0 aliphatic carbocycles. The van der Waals surface area contributed by atoms with E-state index in [1.165, 1.54) is 5.69 Å². The number of rotatable bonds is 3. The minimum atomic E-state index is 0.771. The van der Waals surface area contributed by atoms with Crippen molar-refractivity contribution in [3.63, 3.8) is 0 Å². The van der Waals surface area contributed by atoms with Gasteiger partial charge in [-0.1, -0.05) is 0 Å². The topological polar surface area (TPSA) is 68.1 Å². The van der Waals surface area contributed by atoms with E-state index >= 15 is 0 Å². The second-order valence-corrected chi connectivity index (χ2v) is 7.31. The molecule has 1 aromatic carbocycles. The number of ether oxygens (including phenoxy) is 1. The quantitative estimate of drug-likeness (QED) is 0.763. The average molecular weight is 368 g/mol. The molecule has 0 unspecified atom stereocenters. The van der Waals surface area contributed by atoms with E-state index in [-0.39, 0.29) is 0 Å². The van der Waals surface area contributed by atoms with Crippen molar-refractivity contribution < 1.29 is 4.74 Å². The molecule has 0 bridgehead atoms. The monoisotopic (exact) mass is 368 g/mol. The number of hydrogen-bond acceptors (Lipinski definition) is 7. The van der Waals surface area contributed by atoms with Crippen LogP contribution in [-0.4, -0.2) is 52.6 Å². The Balaban J connectivity index is 1.39. The van der Waals surface area contributed by atoms with E-state index in [9.17, 15) is 0 Å². The molecule has 0 spiro atoms. The fraction of sp³-hybridized carbons (Fsp3) is 0.389. The van der Waals surface area contributed by atoms with Gasteiger partial charge in [-0.3, -0.25) is 0 Å². The molecule has 3 aromatic rings. The van der Waals surface area contributed by atoms with Crippen molar-refractivity contribution in [3.05, 3.63) is 35.5 Å². The Morgan fingerprint density at radius 1 is 1.04 bits per heavy atom. The second-order valence-electron chi connectivity index (χ2n) is 6.45. The lowest BCUT2D eigenvalue weighted by molar-refractivity contribution is 0.122. The van der Waals surface area contributed by atoms with Gasteiger partial charge in [-0.2, -0.15) is 0 Å². The lowest BCUT2D eigenvalue weighted by atomic mass is 10.2. The molecule has 4 heterocycles. The lowest BCUT2D eigenvalue weighted by Crippen LogP contribution is -2.36. The molecular formula is C18H20N6OS. The Bertz CT molecular complexity index is 897. The third kappa shape index (κ3) is 2.90. The summed E-state index contributed by atoms with van der Waals surface area (Å²) in [6.07, 6.45) is 0. The van der Waals surface area contributed by atoms with Crippen LogP contribution in [0.25, 0.3) is 22.1 Å². The summed E-state index contributed by atoms with van der Waals surface area (Å²) < 4.78 is 7.59. The molecule has 7 nitrogen and oxygen atoms in total. The van der Waals surface area contributed by atoms with Crippen molar-refractivity contribution in [2.75, 3.05) is 37.7 Å². The van der Waals surface area contributed by atoms with E-state index in [0.29, 0.717) is 0 Å². The normalized spacial score (nSPS) is 17.3. The number of hydrogen-bond donors (Lipinski definition) is 1. The van der Waals surface area contributed by atoms with Crippen molar-refractivity contribution in [3.8, 4) is 22.1 Å². The number of aromatic nitrogens is 4. The molecule has 8 heteroatoms. The molecule has 5 rings (SSSR count). The van der Waals surface area contributed by atoms with Crippen LogP contribution < -0.4 is 10.2 Å². The van der Waals surface area contributed by atoms with Crippen LogP contribution in [0.3, 0.4) is 0 Å². The maximum atomic E-state index is 5.42. The Hall–Kier alpha value is -2.29. The van der Waals surface area contributed by atoms with Gasteiger partial charge in [0.2, 0.25) is 0 Å². The first kappa shape index (κ1) is 15.9. The molecular weight excluding hydrogens is 348 g/mol. The van der Waals surface area contributed by atoms with Crippen LogP contribution in [0.4, 0.5) is 5.69 Å². The Labute approximate surface area is 155 Å². The van der Waals surface area contributed by atoms with Crippen molar-refractivity contribution in [1.29, 1.82) is 0 Å². The van der Waals surface area contributed by atoms with Gasteiger partial charge in [-0.25, -0.2) is 4.98 Å². The van der Waals surface area contributed by atoms with Crippen LogP contribution in [0, 0.1) is 0 Å². The SMILES string of the molecule is c1cc(N2CCOCC2)ccc1-c1nc(-c2nnc3n2CCNC3)cs1. The molecule has 0 radical (unpaired) electrons. The zero-order chi connectivity index (χ0) is 17.3. The summed E-state index contributed by atoms with van der Waals surface area (Å²) in [7, 11) is 0. The number of fused-ring (bicyclic) bond motifs is 1. The summed E-state index contributed by atoms with van der Waals surface area (Å²) in [4.78, 5) is 7.17. The Kier molecular flexibility index (Phi) is 4.16. The number of nitrogens with one attached hydrogen (secondary N) is 1. The van der Waals surface area contributed by atoms with Gasteiger partial charge in [-0.15, -0.1) is 21.5 Å². The number of anilines is 1. The minimum absolute atomic E-state index is 0.771. The summed E-state index contributed by atoms with van der Waals surface area (Å²) in [5, 5.41) is 15.0. The number of morpholine rings is 1. The zero-order valence-electron chi connectivity index (χ0n) is 14.4. The maximum Gasteiger partial charge on any atom is 0.183 e. The summed E-state index contributed by atoms with van der Waals surface area (Å²) in [6.45, 7) is 6.11. The van der Waals surface area contributed by atoms with Gasteiger partial charge < -0.3 is 19.5 Å². The minimum Gasteiger partial charge on any atom is -0.378 e. The number of benzene rings is 1. The van der Waals surface area contributed by atoms with Crippen LogP contribution in [0.2, 0.25) is 0 Å². The summed E-state index contributed by atoms with van der Waals surface area (Å²) in [6, 6.07) is 8.64. The first-order chi connectivity index (χ1) is 12.9. The first-order valence-electron chi connectivity index (χ1n) is 8.90. The molecule has 1 N–H and O–H groups in total. The molecule has 0 saturated carbocycles. The fourth-order valence-corrected chi connectivity index (χ4v) is 4.23. The van der Waals surface area contributed by atoms with Crippen LogP contribution in [0.5, 0.6) is 0 Å². The number of nitrogens with zero attached hydrogens (tertiary/aromatic N) is 5. The van der Waals surface area contributed by atoms with Gasteiger partial charge in [-0.05, 0) is 24.3 Å². The highest BCUT2D eigenvalue weighted by molar-refractivity contribution is 7.13. The van der Waals surface area contributed by atoms with Crippen molar-refractivity contribution in [1.82, 2.24) is 25.1 Å². The van der Waals surface area contributed by atoms with Crippen LogP contribution in [-0.2, 0) is 17.8 Å². The van der Waals surface area contributed by atoms with E-state index in [4.69, 9.17) is 9.72 Å². The van der Waals surface area contributed by atoms with Crippen molar-refractivity contribution in [2.24, 2.45) is 0 Å². The highest BCUT2D eigenvalue weighted by Gasteiger charge is 2.19. The zero-order valence-corrected chi connectivity index (χ0v) is 15.2. The largest absolute Gasteiger partial charge is 0.378 e. The fourth-order valence-electron chi connectivity index (χ4n) is 3.43. The summed E-state index contributed by atoms with van der Waals surface area (Å²) in [5.41, 5.74) is 3.29. The predicted octanol–water partition coefficient (Wildman–Crippen LogP) is 2.01. The standard InChI is InChI=1S/C18H20N6OS/c1-3-14(23-7-9-25-10-8-23)4-2-13(1)18-20-15(12-26-18)17-22-21-16-11-19-5-6-24(16)17/h1-4,12,19H,5-11H2. The average Bonchev–Trinajstić information content (AvgIpc) is 3.36. The Morgan fingerprint density at radius 3 is 2.73 bits per heavy atom. The van der Waals surface area contributed by atoms with E-state index in [1.807, 2.05) is 0 Å². The van der Waals surface area contributed by atoms with Crippen LogP contribution >= 0.6 is 11.3 Å². The molecule has 2 aliphatic rings.